The fourth-order valence-electron chi connectivity index (χ4n) is 2.10. The molecule has 3 heteroatoms. The molecule has 0 saturated carbocycles. The average molecular weight is 296 g/mol. The Labute approximate surface area is 111 Å². The van der Waals surface area contributed by atoms with Crippen LogP contribution in [-0.2, 0) is 0 Å². The molecule has 1 aromatic rings. The summed E-state index contributed by atoms with van der Waals surface area (Å²) in [5, 5.41) is 10.4. The molecule has 1 fully saturated rings. The number of aliphatic hydroxyl groups is 1. The van der Waals surface area contributed by atoms with Crippen LogP contribution in [0.4, 0.5) is 5.69 Å². The van der Waals surface area contributed by atoms with Crippen molar-refractivity contribution in [1.82, 2.24) is 0 Å². The van der Waals surface area contributed by atoms with E-state index >= 15 is 0 Å². The van der Waals surface area contributed by atoms with Crippen molar-refractivity contribution in [2.45, 2.75) is 18.9 Å². The fraction of sp³-hybridized carbons (Fsp3) is 0.429. The van der Waals surface area contributed by atoms with Crippen LogP contribution in [0.15, 0.2) is 30.3 Å². The molecule has 0 atom stereocenters. The molecular formula is C14H18BrNO. The Balaban J connectivity index is 2.00. The smallest absolute Gasteiger partial charge is 0.0574 e. The van der Waals surface area contributed by atoms with E-state index in [-0.39, 0.29) is 6.10 Å². The van der Waals surface area contributed by atoms with Crippen molar-refractivity contribution in [2.24, 2.45) is 0 Å². The standard InChI is InChI=1S/C14H18BrNO/c15-9-1-2-12-3-5-13(6-4-12)16-10-7-14(17)8-11-16/h1-6,14,17H,7-11H2. The Kier molecular flexibility index (Phi) is 4.63. The van der Waals surface area contributed by atoms with Crippen molar-refractivity contribution in [1.29, 1.82) is 0 Å². The second-order valence-corrected chi connectivity index (χ2v) is 5.01. The third-order valence-electron chi connectivity index (χ3n) is 3.12. The van der Waals surface area contributed by atoms with Crippen molar-refractivity contribution in [2.75, 3.05) is 23.3 Å². The molecule has 1 N–H and O–H groups in total. The molecule has 0 aromatic heterocycles. The van der Waals surface area contributed by atoms with E-state index in [1.54, 1.807) is 0 Å². The van der Waals surface area contributed by atoms with Crippen LogP contribution in [0.25, 0.3) is 6.08 Å². The fourth-order valence-corrected chi connectivity index (χ4v) is 2.29. The number of hydrogen-bond acceptors (Lipinski definition) is 2. The van der Waals surface area contributed by atoms with Gasteiger partial charge < -0.3 is 10.0 Å². The molecule has 1 aromatic carbocycles. The first-order valence-electron chi connectivity index (χ1n) is 6.05. The van der Waals surface area contributed by atoms with Gasteiger partial charge in [-0.15, -0.1) is 0 Å². The molecule has 17 heavy (non-hydrogen) atoms. The van der Waals surface area contributed by atoms with Crippen LogP contribution in [0.2, 0.25) is 0 Å². The van der Waals surface area contributed by atoms with E-state index in [0.717, 1.165) is 31.3 Å². The molecule has 92 valence electrons. The number of hydrogen-bond donors (Lipinski definition) is 1. The summed E-state index contributed by atoms with van der Waals surface area (Å²) in [5.41, 5.74) is 2.48. The molecule has 1 heterocycles. The highest BCUT2D eigenvalue weighted by atomic mass is 79.9. The largest absolute Gasteiger partial charge is 0.393 e. The maximum atomic E-state index is 9.47. The number of alkyl halides is 1. The molecule has 2 nitrogen and oxygen atoms in total. The molecule has 1 aliphatic rings. The lowest BCUT2D eigenvalue weighted by Gasteiger charge is -2.31. The molecule has 0 bridgehead atoms. The number of allylic oxidation sites excluding steroid dienone is 1. The molecule has 1 saturated heterocycles. The predicted octanol–water partition coefficient (Wildman–Crippen LogP) is 3.06. The van der Waals surface area contributed by atoms with Gasteiger partial charge in [-0.1, -0.05) is 40.2 Å². The van der Waals surface area contributed by atoms with E-state index in [0.29, 0.717) is 0 Å². The lowest BCUT2D eigenvalue weighted by atomic mass is 10.1. The van der Waals surface area contributed by atoms with Crippen LogP contribution < -0.4 is 4.90 Å². The van der Waals surface area contributed by atoms with E-state index in [4.69, 9.17) is 0 Å². The van der Waals surface area contributed by atoms with Gasteiger partial charge in [0.1, 0.15) is 0 Å². The first-order valence-corrected chi connectivity index (χ1v) is 7.17. The highest BCUT2D eigenvalue weighted by molar-refractivity contribution is 9.09. The second kappa shape index (κ2) is 6.22. The summed E-state index contributed by atoms with van der Waals surface area (Å²) in [6.45, 7) is 1.91. The van der Waals surface area contributed by atoms with Crippen molar-refractivity contribution in [3.8, 4) is 0 Å². The predicted molar refractivity (Wildman–Crippen MR) is 76.7 cm³/mol. The normalized spacial score (nSPS) is 17.9. The molecule has 0 radical (unpaired) electrons. The topological polar surface area (TPSA) is 23.5 Å². The Morgan fingerprint density at radius 1 is 1.24 bits per heavy atom. The van der Waals surface area contributed by atoms with Gasteiger partial charge in [-0.3, -0.25) is 0 Å². The zero-order valence-electron chi connectivity index (χ0n) is 9.85. The van der Waals surface area contributed by atoms with E-state index in [1.165, 1.54) is 11.3 Å². The number of nitrogens with zero attached hydrogens (tertiary/aromatic N) is 1. The summed E-state index contributed by atoms with van der Waals surface area (Å²) in [7, 11) is 0. The van der Waals surface area contributed by atoms with Gasteiger partial charge in [-0.05, 0) is 30.5 Å². The van der Waals surface area contributed by atoms with Crippen LogP contribution in [0.1, 0.15) is 18.4 Å². The Morgan fingerprint density at radius 2 is 1.88 bits per heavy atom. The zero-order chi connectivity index (χ0) is 12.1. The van der Waals surface area contributed by atoms with Gasteiger partial charge in [0.25, 0.3) is 0 Å². The summed E-state index contributed by atoms with van der Waals surface area (Å²) >= 11 is 3.37. The molecular weight excluding hydrogens is 278 g/mol. The molecule has 0 unspecified atom stereocenters. The lowest BCUT2D eigenvalue weighted by Crippen LogP contribution is -2.35. The minimum absolute atomic E-state index is 0.104. The summed E-state index contributed by atoms with van der Waals surface area (Å²) in [5.74, 6) is 0. The SMILES string of the molecule is OC1CCN(c2ccc(C=CCBr)cc2)CC1. The maximum absolute atomic E-state index is 9.47. The summed E-state index contributed by atoms with van der Waals surface area (Å²) < 4.78 is 0. The van der Waals surface area contributed by atoms with Gasteiger partial charge in [0.2, 0.25) is 0 Å². The van der Waals surface area contributed by atoms with Gasteiger partial charge in [0.15, 0.2) is 0 Å². The summed E-state index contributed by atoms with van der Waals surface area (Å²) in [4.78, 5) is 2.34. The third-order valence-corrected chi connectivity index (χ3v) is 3.50. The van der Waals surface area contributed by atoms with Crippen molar-refractivity contribution < 1.29 is 5.11 Å². The van der Waals surface area contributed by atoms with Crippen LogP contribution in [0, 0.1) is 0 Å². The highest BCUT2D eigenvalue weighted by Crippen LogP contribution is 2.20. The Bertz CT molecular complexity index is 366. The summed E-state index contributed by atoms with van der Waals surface area (Å²) in [6.07, 6.45) is 5.86. The van der Waals surface area contributed by atoms with Crippen LogP contribution in [-0.4, -0.2) is 29.6 Å². The summed E-state index contributed by atoms with van der Waals surface area (Å²) in [6, 6.07) is 8.59. The molecule has 1 aliphatic heterocycles. The quantitative estimate of drug-likeness (QED) is 0.867. The number of piperidine rings is 1. The molecule has 0 amide bonds. The van der Waals surface area contributed by atoms with Crippen molar-refractivity contribution >= 4 is 27.7 Å². The number of anilines is 1. The Hall–Kier alpha value is -0.800. The van der Waals surface area contributed by atoms with E-state index < -0.39 is 0 Å². The lowest BCUT2D eigenvalue weighted by molar-refractivity contribution is 0.145. The number of aliphatic hydroxyl groups excluding tert-OH is 1. The van der Waals surface area contributed by atoms with Gasteiger partial charge in [0.05, 0.1) is 6.10 Å². The maximum Gasteiger partial charge on any atom is 0.0574 e. The monoisotopic (exact) mass is 295 g/mol. The number of benzene rings is 1. The van der Waals surface area contributed by atoms with Crippen LogP contribution >= 0.6 is 15.9 Å². The van der Waals surface area contributed by atoms with E-state index in [2.05, 4.69) is 57.2 Å². The highest BCUT2D eigenvalue weighted by Gasteiger charge is 2.16. The first kappa shape index (κ1) is 12.7. The van der Waals surface area contributed by atoms with Crippen LogP contribution in [0.5, 0.6) is 0 Å². The van der Waals surface area contributed by atoms with Gasteiger partial charge >= 0.3 is 0 Å². The van der Waals surface area contributed by atoms with Crippen molar-refractivity contribution in [3.05, 3.63) is 35.9 Å². The average Bonchev–Trinajstić information content (AvgIpc) is 2.38. The number of halogens is 1. The second-order valence-electron chi connectivity index (χ2n) is 4.37. The van der Waals surface area contributed by atoms with Crippen LogP contribution in [0.3, 0.4) is 0 Å². The number of rotatable bonds is 3. The molecule has 0 spiro atoms. The molecule has 2 rings (SSSR count). The first-order chi connectivity index (χ1) is 8.29. The van der Waals surface area contributed by atoms with Gasteiger partial charge in [-0.2, -0.15) is 0 Å². The zero-order valence-corrected chi connectivity index (χ0v) is 11.4. The Morgan fingerprint density at radius 3 is 2.47 bits per heavy atom. The van der Waals surface area contributed by atoms with Crippen molar-refractivity contribution in [3.63, 3.8) is 0 Å². The third kappa shape index (κ3) is 3.58. The van der Waals surface area contributed by atoms with Gasteiger partial charge in [-0.25, -0.2) is 0 Å². The van der Waals surface area contributed by atoms with Gasteiger partial charge in [0, 0.05) is 24.1 Å². The minimum Gasteiger partial charge on any atom is -0.393 e. The minimum atomic E-state index is -0.104. The van der Waals surface area contributed by atoms with E-state index in [1.807, 2.05) is 0 Å². The van der Waals surface area contributed by atoms with E-state index in [9.17, 15) is 5.11 Å². The molecule has 0 aliphatic carbocycles.